The first kappa shape index (κ1) is 16.9. The molecule has 138 valence electrons. The Bertz CT molecular complexity index is 782. The first-order valence-corrected chi connectivity index (χ1v) is 8.95. The van der Waals surface area contributed by atoms with E-state index in [4.69, 9.17) is 13.6 Å². The van der Waals surface area contributed by atoms with E-state index in [2.05, 4.69) is 5.32 Å². The normalized spacial score (nSPS) is 25.1. The summed E-state index contributed by atoms with van der Waals surface area (Å²) in [5, 5.41) is 2.84. The SMILES string of the molecule is Cc1ccc(C(=O)N2CC[C@H]3O[C@@H](C(=O)NCc4ccco4)CC[C@@H]32)o1. The fraction of sp³-hybridized carbons (Fsp3) is 0.474. The van der Waals surface area contributed by atoms with Crippen LogP contribution in [0.3, 0.4) is 0 Å². The molecular weight excluding hydrogens is 336 g/mol. The van der Waals surface area contributed by atoms with Gasteiger partial charge < -0.3 is 23.8 Å². The van der Waals surface area contributed by atoms with Crippen LogP contribution in [0.2, 0.25) is 0 Å². The molecular formula is C19H22N2O5. The molecule has 4 rings (SSSR count). The number of carbonyl (C=O) groups excluding carboxylic acids is 2. The molecule has 2 aromatic rings. The van der Waals surface area contributed by atoms with E-state index in [9.17, 15) is 9.59 Å². The van der Waals surface area contributed by atoms with Crippen molar-refractivity contribution in [3.05, 3.63) is 47.8 Å². The lowest BCUT2D eigenvalue weighted by Crippen LogP contribution is -2.48. The summed E-state index contributed by atoms with van der Waals surface area (Å²) in [4.78, 5) is 26.8. The monoisotopic (exact) mass is 358 g/mol. The van der Waals surface area contributed by atoms with Crippen LogP contribution in [0.1, 0.15) is 41.3 Å². The largest absolute Gasteiger partial charge is 0.467 e. The predicted molar refractivity (Wildman–Crippen MR) is 91.3 cm³/mol. The second-order valence-corrected chi connectivity index (χ2v) is 6.80. The van der Waals surface area contributed by atoms with Gasteiger partial charge in [-0.3, -0.25) is 9.59 Å². The van der Waals surface area contributed by atoms with E-state index in [-0.39, 0.29) is 24.0 Å². The highest BCUT2D eigenvalue weighted by Crippen LogP contribution is 2.32. The first-order chi connectivity index (χ1) is 12.6. The van der Waals surface area contributed by atoms with Crippen LogP contribution in [0.25, 0.3) is 0 Å². The Labute approximate surface area is 151 Å². The summed E-state index contributed by atoms with van der Waals surface area (Å²) in [5.41, 5.74) is 0. The van der Waals surface area contributed by atoms with Gasteiger partial charge in [0.2, 0.25) is 5.91 Å². The van der Waals surface area contributed by atoms with E-state index in [0.717, 1.165) is 18.6 Å². The summed E-state index contributed by atoms with van der Waals surface area (Å²) in [6.45, 7) is 2.79. The minimum Gasteiger partial charge on any atom is -0.467 e. The van der Waals surface area contributed by atoms with E-state index in [1.807, 2.05) is 17.9 Å². The maximum atomic E-state index is 12.7. The molecule has 4 heterocycles. The Morgan fingerprint density at radius 3 is 2.85 bits per heavy atom. The Morgan fingerprint density at radius 1 is 1.23 bits per heavy atom. The summed E-state index contributed by atoms with van der Waals surface area (Å²) in [5.74, 6) is 1.55. The molecule has 26 heavy (non-hydrogen) atoms. The average Bonchev–Trinajstić information content (AvgIpc) is 3.39. The van der Waals surface area contributed by atoms with Crippen molar-refractivity contribution in [3.8, 4) is 0 Å². The molecule has 3 atom stereocenters. The number of amides is 2. The van der Waals surface area contributed by atoms with Gasteiger partial charge in [0.1, 0.15) is 17.6 Å². The van der Waals surface area contributed by atoms with Gasteiger partial charge in [0.25, 0.3) is 5.91 Å². The standard InChI is InChI=1S/C19H22N2O5/c1-12-4-6-17(25-12)19(23)21-9-8-15-14(21)5-7-16(26-15)18(22)20-11-13-3-2-10-24-13/h2-4,6,10,14-16H,5,7-9,11H2,1H3,(H,20,22)/t14-,15+,16+/m0/s1. The molecule has 0 spiro atoms. The highest BCUT2D eigenvalue weighted by molar-refractivity contribution is 5.92. The molecule has 0 unspecified atom stereocenters. The number of fused-ring (bicyclic) bond motifs is 1. The zero-order valence-corrected chi connectivity index (χ0v) is 14.6. The number of hydrogen-bond donors (Lipinski definition) is 1. The van der Waals surface area contributed by atoms with Gasteiger partial charge >= 0.3 is 0 Å². The molecule has 2 amide bonds. The summed E-state index contributed by atoms with van der Waals surface area (Å²) in [6, 6.07) is 7.10. The van der Waals surface area contributed by atoms with Crippen molar-refractivity contribution in [1.82, 2.24) is 10.2 Å². The van der Waals surface area contributed by atoms with Crippen LogP contribution < -0.4 is 5.32 Å². The molecule has 2 saturated heterocycles. The lowest BCUT2D eigenvalue weighted by atomic mass is 9.98. The first-order valence-electron chi connectivity index (χ1n) is 8.95. The third kappa shape index (κ3) is 3.26. The smallest absolute Gasteiger partial charge is 0.289 e. The molecule has 0 bridgehead atoms. The molecule has 2 aliphatic heterocycles. The second kappa shape index (κ2) is 6.99. The number of aryl methyl sites for hydroxylation is 1. The van der Waals surface area contributed by atoms with E-state index >= 15 is 0 Å². The average molecular weight is 358 g/mol. The zero-order chi connectivity index (χ0) is 18.1. The fourth-order valence-electron chi connectivity index (χ4n) is 3.76. The van der Waals surface area contributed by atoms with Gasteiger partial charge in [-0.2, -0.15) is 0 Å². The third-order valence-corrected chi connectivity index (χ3v) is 5.07. The topological polar surface area (TPSA) is 84.9 Å². The lowest BCUT2D eigenvalue weighted by Gasteiger charge is -2.35. The number of carbonyl (C=O) groups is 2. The molecule has 2 aliphatic rings. The predicted octanol–water partition coefficient (Wildman–Crippen LogP) is 2.26. The number of furan rings is 2. The number of likely N-dealkylation sites (tertiary alicyclic amines) is 1. The van der Waals surface area contributed by atoms with Crippen LogP contribution >= 0.6 is 0 Å². The van der Waals surface area contributed by atoms with Crippen molar-refractivity contribution in [2.24, 2.45) is 0 Å². The maximum absolute atomic E-state index is 12.7. The van der Waals surface area contributed by atoms with Crippen molar-refractivity contribution < 1.29 is 23.2 Å². The van der Waals surface area contributed by atoms with E-state index in [1.165, 1.54) is 0 Å². The van der Waals surface area contributed by atoms with E-state index in [0.29, 0.717) is 31.0 Å². The Hall–Kier alpha value is -2.54. The van der Waals surface area contributed by atoms with Crippen molar-refractivity contribution in [2.75, 3.05) is 6.54 Å². The summed E-state index contributed by atoms with van der Waals surface area (Å²) in [6.07, 6.45) is 3.06. The van der Waals surface area contributed by atoms with Gasteiger partial charge in [-0.15, -0.1) is 0 Å². The molecule has 0 aliphatic carbocycles. The van der Waals surface area contributed by atoms with Gasteiger partial charge in [0, 0.05) is 6.54 Å². The minimum absolute atomic E-state index is 0.00188. The Morgan fingerprint density at radius 2 is 2.12 bits per heavy atom. The lowest BCUT2D eigenvalue weighted by molar-refractivity contribution is -0.143. The molecule has 0 saturated carbocycles. The molecule has 7 heteroatoms. The summed E-state index contributed by atoms with van der Waals surface area (Å²) < 4.78 is 16.7. The molecule has 7 nitrogen and oxygen atoms in total. The summed E-state index contributed by atoms with van der Waals surface area (Å²) in [7, 11) is 0. The number of nitrogens with zero attached hydrogens (tertiary/aromatic N) is 1. The number of ether oxygens (including phenoxy) is 1. The van der Waals surface area contributed by atoms with Gasteiger partial charge in [0.05, 0.1) is 25.0 Å². The highest BCUT2D eigenvalue weighted by atomic mass is 16.5. The third-order valence-electron chi connectivity index (χ3n) is 5.07. The maximum Gasteiger partial charge on any atom is 0.289 e. The van der Waals surface area contributed by atoms with E-state index < -0.39 is 6.10 Å². The minimum atomic E-state index is -0.480. The van der Waals surface area contributed by atoms with Crippen LogP contribution in [0.4, 0.5) is 0 Å². The molecule has 0 aromatic carbocycles. The fourth-order valence-corrected chi connectivity index (χ4v) is 3.76. The van der Waals surface area contributed by atoms with Gasteiger partial charge in [-0.25, -0.2) is 0 Å². The van der Waals surface area contributed by atoms with Crippen molar-refractivity contribution in [2.45, 2.75) is 51.0 Å². The van der Waals surface area contributed by atoms with Gasteiger partial charge in [0.15, 0.2) is 5.76 Å². The summed E-state index contributed by atoms with van der Waals surface area (Å²) >= 11 is 0. The number of hydrogen-bond acceptors (Lipinski definition) is 5. The van der Waals surface area contributed by atoms with Crippen LogP contribution in [0.5, 0.6) is 0 Å². The van der Waals surface area contributed by atoms with Crippen LogP contribution in [0.15, 0.2) is 39.4 Å². The van der Waals surface area contributed by atoms with Crippen molar-refractivity contribution >= 4 is 11.8 Å². The van der Waals surface area contributed by atoms with Crippen molar-refractivity contribution in [3.63, 3.8) is 0 Å². The molecule has 2 aromatic heterocycles. The quantitative estimate of drug-likeness (QED) is 0.906. The molecule has 1 N–H and O–H groups in total. The molecule has 2 fully saturated rings. The zero-order valence-electron chi connectivity index (χ0n) is 14.6. The van der Waals surface area contributed by atoms with Crippen LogP contribution in [0, 0.1) is 6.92 Å². The Balaban J connectivity index is 1.34. The van der Waals surface area contributed by atoms with Gasteiger partial charge in [-0.1, -0.05) is 0 Å². The van der Waals surface area contributed by atoms with Crippen molar-refractivity contribution in [1.29, 1.82) is 0 Å². The highest BCUT2D eigenvalue weighted by Gasteiger charge is 2.44. The molecule has 0 radical (unpaired) electrons. The van der Waals surface area contributed by atoms with Crippen LogP contribution in [-0.4, -0.2) is 41.5 Å². The second-order valence-electron chi connectivity index (χ2n) is 6.80. The van der Waals surface area contributed by atoms with Crippen LogP contribution in [-0.2, 0) is 16.1 Å². The number of nitrogens with one attached hydrogen (secondary N) is 1. The van der Waals surface area contributed by atoms with E-state index in [1.54, 1.807) is 24.5 Å². The Kier molecular flexibility index (Phi) is 4.55. The number of rotatable bonds is 4. The van der Waals surface area contributed by atoms with Gasteiger partial charge in [-0.05, 0) is 50.5 Å².